The van der Waals surface area contributed by atoms with Gasteiger partial charge in [-0.3, -0.25) is 19.3 Å². The molecule has 1 fully saturated rings. The molecule has 0 radical (unpaired) electrons. The van der Waals surface area contributed by atoms with Crippen molar-refractivity contribution in [3.8, 4) is 0 Å². The lowest BCUT2D eigenvalue weighted by molar-refractivity contribution is -0.122. The number of piperidine rings is 1. The molecule has 0 bridgehead atoms. The second kappa shape index (κ2) is 11.3. The first kappa shape index (κ1) is 24.0. The normalized spacial score (nSPS) is 18.4. The summed E-state index contributed by atoms with van der Waals surface area (Å²) >= 11 is 0. The molecule has 0 spiro atoms. The lowest BCUT2D eigenvalue weighted by atomic mass is 10.0. The number of nitrogens with zero attached hydrogens (tertiary/aromatic N) is 6. The van der Waals surface area contributed by atoms with Gasteiger partial charge >= 0.3 is 0 Å². The number of amides is 1. The van der Waals surface area contributed by atoms with Crippen LogP contribution in [0.5, 0.6) is 0 Å². The number of aromatic nitrogens is 5. The number of carbonyl (C=O) groups is 2. The molecule has 0 aromatic carbocycles. The molecule has 1 amide bonds. The first-order valence-corrected chi connectivity index (χ1v) is 10.5. The number of aliphatic hydroxyl groups is 1. The highest BCUT2D eigenvalue weighted by Crippen LogP contribution is 2.13. The molecule has 1 saturated heterocycles. The zero-order valence-corrected chi connectivity index (χ0v) is 18.2. The van der Waals surface area contributed by atoms with Crippen LogP contribution in [0.25, 0.3) is 5.78 Å². The smallest absolute Gasteiger partial charge is 0.290 e. The van der Waals surface area contributed by atoms with Crippen LogP contribution in [0.4, 0.5) is 0 Å². The number of carboxylic acid groups (broad SMARTS) is 1. The van der Waals surface area contributed by atoms with Crippen LogP contribution in [0.2, 0.25) is 0 Å². The number of likely N-dealkylation sites (tertiary alicyclic amines) is 1. The number of aliphatic hydroxyl groups excluding tert-OH is 1. The summed E-state index contributed by atoms with van der Waals surface area (Å²) in [5, 5.41) is 24.1. The van der Waals surface area contributed by atoms with Gasteiger partial charge in [0.15, 0.2) is 0 Å². The van der Waals surface area contributed by atoms with Crippen molar-refractivity contribution in [2.45, 2.75) is 31.4 Å². The highest BCUT2D eigenvalue weighted by Gasteiger charge is 2.27. The van der Waals surface area contributed by atoms with Gasteiger partial charge in [-0.1, -0.05) is 0 Å². The molecule has 3 N–H and O–H groups in total. The van der Waals surface area contributed by atoms with Gasteiger partial charge < -0.3 is 20.1 Å². The van der Waals surface area contributed by atoms with Crippen molar-refractivity contribution in [2.75, 3.05) is 19.6 Å². The van der Waals surface area contributed by atoms with Gasteiger partial charge in [0.1, 0.15) is 11.9 Å². The van der Waals surface area contributed by atoms with Crippen molar-refractivity contribution in [3.63, 3.8) is 0 Å². The Morgan fingerprint density at radius 1 is 1.33 bits per heavy atom. The van der Waals surface area contributed by atoms with Crippen molar-refractivity contribution in [3.05, 3.63) is 58.5 Å². The third kappa shape index (κ3) is 6.43. The number of aryl methyl sites for hydroxylation is 2. The number of pyridine rings is 1. The van der Waals surface area contributed by atoms with Crippen LogP contribution in [-0.4, -0.2) is 83.4 Å². The Morgan fingerprint density at radius 2 is 2.12 bits per heavy atom. The van der Waals surface area contributed by atoms with Gasteiger partial charge in [-0.15, -0.1) is 0 Å². The average Bonchev–Trinajstić information content (AvgIpc) is 3.24. The predicted octanol–water partition coefficient (Wildman–Crippen LogP) is -0.678. The fourth-order valence-corrected chi connectivity index (χ4v) is 3.88. The third-order valence-electron chi connectivity index (χ3n) is 5.34. The Morgan fingerprint density at radius 3 is 2.91 bits per heavy atom. The summed E-state index contributed by atoms with van der Waals surface area (Å²) < 4.78 is 3.03. The molecule has 3 aromatic rings. The van der Waals surface area contributed by atoms with Crippen LogP contribution >= 0.6 is 0 Å². The summed E-state index contributed by atoms with van der Waals surface area (Å²) in [6.45, 7) is 1.74. The predicted molar refractivity (Wildman–Crippen MR) is 118 cm³/mol. The molecular formula is C21H27N7O5. The fraction of sp³-hybridized carbons (Fsp3) is 0.429. The largest absolute Gasteiger partial charge is 0.483 e. The summed E-state index contributed by atoms with van der Waals surface area (Å²) in [4.78, 5) is 43.5. The minimum Gasteiger partial charge on any atom is -0.483 e. The van der Waals surface area contributed by atoms with E-state index in [2.05, 4.69) is 25.3 Å². The Labute approximate surface area is 189 Å². The number of hydrogen-bond donors (Lipinski definition) is 3. The van der Waals surface area contributed by atoms with Gasteiger partial charge in [0.25, 0.3) is 23.7 Å². The van der Waals surface area contributed by atoms with E-state index in [1.165, 1.54) is 17.0 Å². The summed E-state index contributed by atoms with van der Waals surface area (Å²) in [7, 11) is 1.61. The number of hydrogen-bond acceptors (Lipinski definition) is 8. The lowest BCUT2D eigenvalue weighted by Crippen LogP contribution is -2.53. The second-order valence-electron chi connectivity index (χ2n) is 7.83. The highest BCUT2D eigenvalue weighted by molar-refractivity contribution is 5.94. The maximum atomic E-state index is 12.5. The number of carbonyl (C=O) groups excluding carboxylic acids is 1. The molecule has 4 heterocycles. The van der Waals surface area contributed by atoms with Crippen molar-refractivity contribution < 1.29 is 19.8 Å². The zero-order valence-electron chi connectivity index (χ0n) is 18.2. The molecule has 0 aliphatic carbocycles. The van der Waals surface area contributed by atoms with E-state index >= 15 is 0 Å². The van der Waals surface area contributed by atoms with Crippen LogP contribution in [0, 0.1) is 0 Å². The van der Waals surface area contributed by atoms with E-state index in [0.29, 0.717) is 25.3 Å². The van der Waals surface area contributed by atoms with E-state index < -0.39 is 12.0 Å². The first-order valence-electron chi connectivity index (χ1n) is 10.5. The summed E-state index contributed by atoms with van der Waals surface area (Å²) in [6.07, 6.45) is 8.48. The minimum absolute atomic E-state index is 0.114. The summed E-state index contributed by atoms with van der Waals surface area (Å²) in [5.41, 5.74) is 0.846. The number of nitrogens with one attached hydrogen (secondary N) is 1. The topological polar surface area (TPSA) is 155 Å². The Hall–Kier alpha value is -3.64. The fourth-order valence-electron chi connectivity index (χ4n) is 3.88. The average molecular weight is 457 g/mol. The molecule has 1 aliphatic heterocycles. The van der Waals surface area contributed by atoms with Crippen molar-refractivity contribution in [1.82, 2.24) is 34.4 Å². The molecule has 176 valence electrons. The summed E-state index contributed by atoms with van der Waals surface area (Å²) in [6, 6.07) is 2.98. The van der Waals surface area contributed by atoms with Crippen molar-refractivity contribution in [1.29, 1.82) is 0 Å². The standard InChI is InChI=1S/C20H25N7O3.CH2O2/c1-25-6-3-5-17(19(25)30)18(29)24-15-8-16(28)12-26(11-15)7-2-4-14-9-21-20-22-13-23-27(20)10-14;2-1-3/h3,5-6,9-10,13,15-16,28H,2,4,7-8,11-12H2,1H3,(H,24,29);1H,(H,2,3)/t15-,16+;/m0./s1. The SMILES string of the molecule is Cn1cccc(C(=O)N[C@H]2C[C@@H](O)CN(CCCc3cnc4ncnn4c3)C2)c1=O.O=CO. The second-order valence-corrected chi connectivity index (χ2v) is 7.83. The Balaban J connectivity index is 0.000000968. The molecule has 4 rings (SSSR count). The molecule has 0 saturated carbocycles. The van der Waals surface area contributed by atoms with Gasteiger partial charge in [-0.25, -0.2) is 9.50 Å². The van der Waals surface area contributed by atoms with Crippen LogP contribution in [0.3, 0.4) is 0 Å². The number of rotatable bonds is 6. The van der Waals surface area contributed by atoms with E-state index in [9.17, 15) is 14.7 Å². The van der Waals surface area contributed by atoms with E-state index in [4.69, 9.17) is 9.90 Å². The van der Waals surface area contributed by atoms with Gasteiger partial charge in [0.05, 0.1) is 6.10 Å². The van der Waals surface area contributed by atoms with Crippen molar-refractivity contribution >= 4 is 18.2 Å². The van der Waals surface area contributed by atoms with Crippen LogP contribution in [0.15, 0.2) is 41.8 Å². The molecular weight excluding hydrogens is 430 g/mol. The quantitative estimate of drug-likeness (QED) is 0.408. The number of fused-ring (bicyclic) bond motifs is 1. The van der Waals surface area contributed by atoms with Gasteiger partial charge in [-0.05, 0) is 43.5 Å². The monoisotopic (exact) mass is 457 g/mol. The van der Waals surface area contributed by atoms with Crippen molar-refractivity contribution in [2.24, 2.45) is 7.05 Å². The van der Waals surface area contributed by atoms with Crippen LogP contribution < -0.4 is 10.9 Å². The van der Waals surface area contributed by atoms with E-state index in [1.807, 2.05) is 6.20 Å². The molecule has 3 aromatic heterocycles. The third-order valence-corrected chi connectivity index (χ3v) is 5.34. The van der Waals surface area contributed by atoms with Crippen LogP contribution in [0.1, 0.15) is 28.8 Å². The Kier molecular flexibility index (Phi) is 8.22. The molecule has 12 nitrogen and oxygen atoms in total. The minimum atomic E-state index is -0.518. The zero-order chi connectivity index (χ0) is 23.8. The highest BCUT2D eigenvalue weighted by atomic mass is 16.3. The lowest BCUT2D eigenvalue weighted by Gasteiger charge is -2.36. The van der Waals surface area contributed by atoms with Gasteiger partial charge in [0, 0.05) is 44.8 Å². The maximum absolute atomic E-state index is 12.5. The van der Waals surface area contributed by atoms with Crippen LogP contribution in [-0.2, 0) is 18.3 Å². The molecule has 12 heteroatoms. The van der Waals surface area contributed by atoms with Gasteiger partial charge in [-0.2, -0.15) is 10.1 Å². The van der Waals surface area contributed by atoms with Gasteiger partial charge in [0.2, 0.25) is 0 Å². The Bertz CT molecular complexity index is 1150. The molecule has 2 atom stereocenters. The number of β-amino-alcohol motifs (C(OH)–C–C–N with tert-alkyl or cyclic N) is 1. The molecule has 0 unspecified atom stereocenters. The first-order chi connectivity index (χ1) is 15.9. The molecule has 1 aliphatic rings. The maximum Gasteiger partial charge on any atom is 0.290 e. The van der Waals surface area contributed by atoms with E-state index in [0.717, 1.165) is 24.9 Å². The van der Waals surface area contributed by atoms with E-state index in [1.54, 1.807) is 30.0 Å². The molecule has 33 heavy (non-hydrogen) atoms. The van der Waals surface area contributed by atoms with E-state index in [-0.39, 0.29) is 23.6 Å². The summed E-state index contributed by atoms with van der Waals surface area (Å²) in [5.74, 6) is 0.173.